The van der Waals surface area contributed by atoms with Crippen molar-refractivity contribution in [3.8, 4) is 0 Å². The van der Waals surface area contributed by atoms with Crippen molar-refractivity contribution in [2.75, 3.05) is 7.05 Å². The first-order chi connectivity index (χ1) is 10.4. The summed E-state index contributed by atoms with van der Waals surface area (Å²) in [5.41, 5.74) is 1.21. The molecule has 2 aliphatic rings. The van der Waals surface area contributed by atoms with Crippen molar-refractivity contribution in [2.24, 2.45) is 0 Å². The van der Waals surface area contributed by atoms with Crippen LogP contribution in [0.5, 0.6) is 0 Å². The van der Waals surface area contributed by atoms with Crippen molar-refractivity contribution in [1.29, 1.82) is 0 Å². The SMILES string of the molecule is CNCc1cccnc1Sc1nnc(C2CC2)n1C1CC1. The van der Waals surface area contributed by atoms with Crippen LogP contribution in [-0.2, 0) is 6.54 Å². The van der Waals surface area contributed by atoms with Gasteiger partial charge in [-0.15, -0.1) is 10.2 Å². The van der Waals surface area contributed by atoms with Crippen molar-refractivity contribution < 1.29 is 0 Å². The summed E-state index contributed by atoms with van der Waals surface area (Å²) in [5, 5.41) is 14.1. The maximum atomic E-state index is 4.53. The minimum atomic E-state index is 0.620. The molecule has 0 saturated heterocycles. The van der Waals surface area contributed by atoms with Crippen LogP contribution < -0.4 is 5.32 Å². The van der Waals surface area contributed by atoms with Gasteiger partial charge >= 0.3 is 0 Å². The summed E-state index contributed by atoms with van der Waals surface area (Å²) in [4.78, 5) is 4.53. The number of nitrogens with one attached hydrogen (secondary N) is 1. The first kappa shape index (κ1) is 13.3. The molecule has 2 heterocycles. The van der Waals surface area contributed by atoms with Gasteiger partial charge in [0.05, 0.1) is 0 Å². The minimum absolute atomic E-state index is 0.620. The smallest absolute Gasteiger partial charge is 0.197 e. The summed E-state index contributed by atoms with van der Waals surface area (Å²) in [7, 11) is 1.96. The minimum Gasteiger partial charge on any atom is -0.316 e. The van der Waals surface area contributed by atoms with Crippen LogP contribution in [0.2, 0.25) is 0 Å². The number of aromatic nitrogens is 4. The number of rotatable bonds is 6. The van der Waals surface area contributed by atoms with Gasteiger partial charge in [0, 0.05) is 24.7 Å². The van der Waals surface area contributed by atoms with Crippen LogP contribution in [0.25, 0.3) is 0 Å². The summed E-state index contributed by atoms with van der Waals surface area (Å²) in [5.74, 6) is 1.85. The first-order valence-electron chi connectivity index (χ1n) is 7.58. The Labute approximate surface area is 128 Å². The van der Waals surface area contributed by atoms with E-state index < -0.39 is 0 Å². The average molecular weight is 301 g/mol. The van der Waals surface area contributed by atoms with E-state index in [9.17, 15) is 0 Å². The van der Waals surface area contributed by atoms with Crippen LogP contribution >= 0.6 is 11.8 Å². The molecule has 0 bridgehead atoms. The largest absolute Gasteiger partial charge is 0.316 e. The lowest BCUT2D eigenvalue weighted by molar-refractivity contribution is 0.626. The van der Waals surface area contributed by atoms with E-state index in [0.29, 0.717) is 12.0 Å². The zero-order valence-electron chi connectivity index (χ0n) is 12.1. The molecule has 2 fully saturated rings. The third-order valence-electron chi connectivity index (χ3n) is 3.95. The predicted molar refractivity (Wildman–Crippen MR) is 81.4 cm³/mol. The van der Waals surface area contributed by atoms with Crippen molar-refractivity contribution in [1.82, 2.24) is 25.1 Å². The summed E-state index contributed by atoms with van der Waals surface area (Å²) in [6.07, 6.45) is 6.91. The van der Waals surface area contributed by atoms with Gasteiger partial charge in [0.2, 0.25) is 0 Å². The zero-order valence-corrected chi connectivity index (χ0v) is 12.9. The van der Waals surface area contributed by atoms with E-state index in [0.717, 1.165) is 16.7 Å². The second-order valence-electron chi connectivity index (χ2n) is 5.82. The van der Waals surface area contributed by atoms with Gasteiger partial charge in [-0.25, -0.2) is 4.98 Å². The molecule has 110 valence electrons. The molecule has 2 saturated carbocycles. The van der Waals surface area contributed by atoms with Crippen LogP contribution in [0.1, 0.15) is 49.0 Å². The standard InChI is InChI=1S/C15H19N5S/c1-16-9-11-3-2-8-17-14(11)21-15-19-18-13(10-4-5-10)20(15)12-6-7-12/h2-3,8,10,12,16H,4-7,9H2,1H3. The highest BCUT2D eigenvalue weighted by Crippen LogP contribution is 2.46. The monoisotopic (exact) mass is 301 g/mol. The summed E-state index contributed by atoms with van der Waals surface area (Å²) >= 11 is 1.65. The molecule has 0 spiro atoms. The second kappa shape index (κ2) is 5.42. The topological polar surface area (TPSA) is 55.6 Å². The van der Waals surface area contributed by atoms with Crippen LogP contribution in [0.4, 0.5) is 0 Å². The average Bonchev–Trinajstić information content (AvgIpc) is 3.41. The van der Waals surface area contributed by atoms with E-state index in [1.165, 1.54) is 37.1 Å². The summed E-state index contributed by atoms with van der Waals surface area (Å²) < 4.78 is 2.38. The van der Waals surface area contributed by atoms with E-state index in [1.807, 2.05) is 19.3 Å². The zero-order chi connectivity index (χ0) is 14.2. The van der Waals surface area contributed by atoms with Crippen molar-refractivity contribution in [3.63, 3.8) is 0 Å². The normalized spacial score (nSPS) is 18.1. The highest BCUT2D eigenvalue weighted by Gasteiger charge is 2.36. The fourth-order valence-corrected chi connectivity index (χ4v) is 3.56. The number of hydrogen-bond acceptors (Lipinski definition) is 5. The molecule has 21 heavy (non-hydrogen) atoms. The van der Waals surface area contributed by atoms with Crippen molar-refractivity contribution in [3.05, 3.63) is 29.7 Å². The van der Waals surface area contributed by atoms with Crippen LogP contribution in [0.3, 0.4) is 0 Å². The van der Waals surface area contributed by atoms with Crippen molar-refractivity contribution >= 4 is 11.8 Å². The van der Waals surface area contributed by atoms with Gasteiger partial charge in [0.1, 0.15) is 10.9 Å². The molecule has 0 unspecified atom stereocenters. The van der Waals surface area contributed by atoms with Crippen molar-refractivity contribution in [2.45, 2.75) is 54.4 Å². The Bertz CT molecular complexity index is 645. The predicted octanol–water partition coefficient (Wildman–Crippen LogP) is 2.76. The van der Waals surface area contributed by atoms with E-state index in [-0.39, 0.29) is 0 Å². The Kier molecular flexibility index (Phi) is 3.43. The molecule has 1 N–H and O–H groups in total. The molecule has 0 amide bonds. The maximum Gasteiger partial charge on any atom is 0.197 e. The molecule has 0 aliphatic heterocycles. The molecule has 6 heteroatoms. The number of hydrogen-bond donors (Lipinski definition) is 1. The number of pyridine rings is 1. The van der Waals surface area contributed by atoms with Gasteiger partial charge in [0.15, 0.2) is 5.16 Å². The van der Waals surface area contributed by atoms with Gasteiger partial charge in [-0.3, -0.25) is 0 Å². The summed E-state index contributed by atoms with van der Waals surface area (Å²) in [6, 6.07) is 4.72. The lowest BCUT2D eigenvalue weighted by atomic mass is 10.3. The highest BCUT2D eigenvalue weighted by atomic mass is 32.2. The second-order valence-corrected chi connectivity index (χ2v) is 6.77. The molecule has 0 aromatic carbocycles. The Morgan fingerprint density at radius 3 is 2.86 bits per heavy atom. The van der Waals surface area contributed by atoms with Gasteiger partial charge in [-0.05, 0) is 56.1 Å². The first-order valence-corrected chi connectivity index (χ1v) is 8.39. The molecule has 5 nitrogen and oxygen atoms in total. The lowest BCUT2D eigenvalue weighted by Gasteiger charge is -2.10. The molecule has 0 radical (unpaired) electrons. The quantitative estimate of drug-likeness (QED) is 0.889. The summed E-state index contributed by atoms with van der Waals surface area (Å²) in [6.45, 7) is 0.823. The molecule has 2 aromatic heterocycles. The van der Waals surface area contributed by atoms with E-state index in [1.54, 1.807) is 11.8 Å². The lowest BCUT2D eigenvalue weighted by Crippen LogP contribution is -2.07. The van der Waals surface area contributed by atoms with Crippen LogP contribution in [0, 0.1) is 0 Å². The van der Waals surface area contributed by atoms with E-state index >= 15 is 0 Å². The van der Waals surface area contributed by atoms with E-state index in [4.69, 9.17) is 0 Å². The Balaban J connectivity index is 1.65. The molecule has 2 aliphatic carbocycles. The molecular weight excluding hydrogens is 282 g/mol. The van der Waals surface area contributed by atoms with E-state index in [2.05, 4.69) is 31.1 Å². The Hall–Kier alpha value is -1.40. The van der Waals surface area contributed by atoms with Gasteiger partial charge in [-0.1, -0.05) is 6.07 Å². The fourth-order valence-electron chi connectivity index (χ4n) is 2.58. The van der Waals surface area contributed by atoms with Gasteiger partial charge < -0.3 is 9.88 Å². The maximum absolute atomic E-state index is 4.53. The van der Waals surface area contributed by atoms with Crippen LogP contribution in [0.15, 0.2) is 28.5 Å². The van der Waals surface area contributed by atoms with Gasteiger partial charge in [0.25, 0.3) is 0 Å². The molecule has 0 atom stereocenters. The number of nitrogens with zero attached hydrogens (tertiary/aromatic N) is 4. The third-order valence-corrected chi connectivity index (χ3v) is 4.97. The fraction of sp³-hybridized carbons (Fsp3) is 0.533. The molecular formula is C15H19N5S. The third kappa shape index (κ3) is 2.70. The molecule has 4 rings (SSSR count). The highest BCUT2D eigenvalue weighted by molar-refractivity contribution is 7.99. The Morgan fingerprint density at radius 1 is 1.29 bits per heavy atom. The Morgan fingerprint density at radius 2 is 2.14 bits per heavy atom. The molecule has 2 aromatic rings. The van der Waals surface area contributed by atoms with Crippen LogP contribution in [-0.4, -0.2) is 26.8 Å². The van der Waals surface area contributed by atoms with Gasteiger partial charge in [-0.2, -0.15) is 0 Å².